The molecule has 7 heteroatoms. The molecular weight excluding hydrogens is 378 g/mol. The van der Waals surface area contributed by atoms with E-state index in [0.717, 1.165) is 31.4 Å². The van der Waals surface area contributed by atoms with Gasteiger partial charge in [-0.15, -0.1) is 0 Å². The van der Waals surface area contributed by atoms with Gasteiger partial charge in [0.05, 0.1) is 11.6 Å². The normalized spacial score (nSPS) is 19.3. The first-order valence-corrected chi connectivity index (χ1v) is 10.9. The second-order valence-electron chi connectivity index (χ2n) is 8.12. The smallest absolute Gasteiger partial charge is 0.271 e. The minimum atomic E-state index is -0.152. The lowest BCUT2D eigenvalue weighted by atomic mass is 9.95. The SMILES string of the molecule is O=C(NCCC1=CCCCC1)[C@@H]1CCCN(C(=O)c2cc(-c3ccccn3)n[nH]2)C1. The van der Waals surface area contributed by atoms with Gasteiger partial charge in [-0.3, -0.25) is 19.7 Å². The van der Waals surface area contributed by atoms with E-state index >= 15 is 0 Å². The highest BCUT2D eigenvalue weighted by atomic mass is 16.2. The van der Waals surface area contributed by atoms with Gasteiger partial charge in [0.25, 0.3) is 5.91 Å². The maximum Gasteiger partial charge on any atom is 0.271 e. The molecule has 1 aliphatic carbocycles. The Hall–Kier alpha value is -2.96. The molecule has 2 amide bonds. The fourth-order valence-electron chi connectivity index (χ4n) is 4.25. The zero-order chi connectivity index (χ0) is 20.8. The Bertz CT molecular complexity index is 905. The van der Waals surface area contributed by atoms with Gasteiger partial charge in [-0.1, -0.05) is 17.7 Å². The first kappa shape index (κ1) is 20.3. The van der Waals surface area contributed by atoms with Gasteiger partial charge in [0.2, 0.25) is 5.91 Å². The van der Waals surface area contributed by atoms with Crippen LogP contribution in [0.15, 0.2) is 42.1 Å². The number of likely N-dealkylation sites (tertiary alicyclic amines) is 1. The number of carbonyl (C=O) groups is 2. The average Bonchev–Trinajstić information content (AvgIpc) is 3.30. The van der Waals surface area contributed by atoms with Gasteiger partial charge in [-0.2, -0.15) is 5.10 Å². The number of carbonyl (C=O) groups excluding carboxylic acids is 2. The molecule has 2 aliphatic rings. The molecule has 4 rings (SSSR count). The number of nitrogens with zero attached hydrogens (tertiary/aromatic N) is 3. The fourth-order valence-corrected chi connectivity index (χ4v) is 4.25. The van der Waals surface area contributed by atoms with Crippen molar-refractivity contribution in [1.29, 1.82) is 0 Å². The molecule has 3 heterocycles. The zero-order valence-electron chi connectivity index (χ0n) is 17.3. The van der Waals surface area contributed by atoms with Crippen molar-refractivity contribution in [2.45, 2.75) is 44.9 Å². The van der Waals surface area contributed by atoms with Crippen LogP contribution in [0.5, 0.6) is 0 Å². The number of nitrogens with one attached hydrogen (secondary N) is 2. The molecule has 1 aliphatic heterocycles. The Kier molecular flexibility index (Phi) is 6.57. The molecule has 30 heavy (non-hydrogen) atoms. The van der Waals surface area contributed by atoms with E-state index in [1.54, 1.807) is 17.2 Å². The molecule has 1 atom stereocenters. The molecule has 2 N–H and O–H groups in total. The first-order valence-electron chi connectivity index (χ1n) is 10.9. The molecule has 0 unspecified atom stereocenters. The number of allylic oxidation sites excluding steroid dienone is 1. The molecular formula is C23H29N5O2. The van der Waals surface area contributed by atoms with Crippen LogP contribution in [0.25, 0.3) is 11.4 Å². The van der Waals surface area contributed by atoms with Gasteiger partial charge >= 0.3 is 0 Å². The predicted octanol–water partition coefficient (Wildman–Crippen LogP) is 3.33. The van der Waals surface area contributed by atoms with E-state index in [1.807, 2.05) is 18.2 Å². The quantitative estimate of drug-likeness (QED) is 0.719. The molecule has 1 fully saturated rings. The van der Waals surface area contributed by atoms with Crippen molar-refractivity contribution >= 4 is 11.8 Å². The summed E-state index contributed by atoms with van der Waals surface area (Å²) < 4.78 is 0. The Morgan fingerprint density at radius 1 is 1.20 bits per heavy atom. The van der Waals surface area contributed by atoms with Gasteiger partial charge < -0.3 is 10.2 Å². The van der Waals surface area contributed by atoms with E-state index < -0.39 is 0 Å². The molecule has 2 aromatic heterocycles. The number of piperidine rings is 1. The molecule has 1 saturated heterocycles. The maximum atomic E-state index is 12.9. The number of amides is 2. The Morgan fingerprint density at radius 3 is 2.93 bits per heavy atom. The van der Waals surface area contributed by atoms with E-state index in [4.69, 9.17) is 0 Å². The highest BCUT2D eigenvalue weighted by Gasteiger charge is 2.29. The van der Waals surface area contributed by atoms with Crippen molar-refractivity contribution in [3.05, 3.63) is 47.8 Å². The van der Waals surface area contributed by atoms with Crippen LogP contribution in [-0.2, 0) is 4.79 Å². The van der Waals surface area contributed by atoms with Gasteiger partial charge in [0.15, 0.2) is 0 Å². The van der Waals surface area contributed by atoms with Crippen molar-refractivity contribution in [2.75, 3.05) is 19.6 Å². The average molecular weight is 408 g/mol. The van der Waals surface area contributed by atoms with E-state index in [-0.39, 0.29) is 17.7 Å². The lowest BCUT2D eigenvalue weighted by Gasteiger charge is -2.31. The van der Waals surface area contributed by atoms with Gasteiger partial charge in [0, 0.05) is 25.8 Å². The van der Waals surface area contributed by atoms with Crippen molar-refractivity contribution in [2.24, 2.45) is 5.92 Å². The van der Waals surface area contributed by atoms with Crippen LogP contribution >= 0.6 is 0 Å². The Morgan fingerprint density at radius 2 is 2.13 bits per heavy atom. The van der Waals surface area contributed by atoms with Crippen molar-refractivity contribution < 1.29 is 9.59 Å². The molecule has 0 saturated carbocycles. The van der Waals surface area contributed by atoms with E-state index in [1.165, 1.54) is 24.8 Å². The number of pyridine rings is 1. The zero-order valence-corrected chi connectivity index (χ0v) is 17.3. The Balaban J connectivity index is 1.31. The molecule has 7 nitrogen and oxygen atoms in total. The topological polar surface area (TPSA) is 91.0 Å². The highest BCUT2D eigenvalue weighted by Crippen LogP contribution is 2.22. The highest BCUT2D eigenvalue weighted by molar-refractivity contribution is 5.93. The van der Waals surface area contributed by atoms with Gasteiger partial charge in [-0.25, -0.2) is 0 Å². The van der Waals surface area contributed by atoms with Gasteiger partial charge in [0.1, 0.15) is 11.4 Å². The largest absolute Gasteiger partial charge is 0.355 e. The third-order valence-corrected chi connectivity index (χ3v) is 5.95. The number of hydrogen-bond donors (Lipinski definition) is 2. The van der Waals surface area contributed by atoms with Crippen LogP contribution in [0.2, 0.25) is 0 Å². The third kappa shape index (κ3) is 4.96. The van der Waals surface area contributed by atoms with Crippen LogP contribution in [0.1, 0.15) is 55.4 Å². The molecule has 0 spiro atoms. The first-order chi connectivity index (χ1) is 14.7. The van der Waals surface area contributed by atoms with Crippen LogP contribution in [0.4, 0.5) is 0 Å². The van der Waals surface area contributed by atoms with Crippen LogP contribution in [-0.4, -0.2) is 51.5 Å². The Labute approximate surface area is 177 Å². The van der Waals surface area contributed by atoms with E-state index in [9.17, 15) is 9.59 Å². The van der Waals surface area contributed by atoms with E-state index in [2.05, 4.69) is 26.6 Å². The second kappa shape index (κ2) is 9.69. The van der Waals surface area contributed by atoms with Crippen LogP contribution in [0, 0.1) is 5.92 Å². The van der Waals surface area contributed by atoms with E-state index in [0.29, 0.717) is 31.0 Å². The minimum Gasteiger partial charge on any atom is -0.355 e. The summed E-state index contributed by atoms with van der Waals surface area (Å²) in [7, 11) is 0. The monoisotopic (exact) mass is 407 g/mol. The summed E-state index contributed by atoms with van der Waals surface area (Å²) in [6, 6.07) is 7.31. The third-order valence-electron chi connectivity index (χ3n) is 5.95. The molecule has 0 aromatic carbocycles. The summed E-state index contributed by atoms with van der Waals surface area (Å²) in [4.78, 5) is 31.6. The molecule has 0 radical (unpaired) electrons. The lowest BCUT2D eigenvalue weighted by Crippen LogP contribution is -2.45. The summed E-state index contributed by atoms with van der Waals surface area (Å²) in [5.41, 5.74) is 3.25. The fraction of sp³-hybridized carbons (Fsp3) is 0.478. The van der Waals surface area contributed by atoms with Crippen molar-refractivity contribution in [1.82, 2.24) is 25.4 Å². The standard InChI is InChI=1S/C23H29N5O2/c29-22(25-13-11-17-7-2-1-3-8-17)18-9-6-14-28(16-18)23(30)21-15-20(26-27-21)19-10-4-5-12-24-19/h4-5,7,10,12,15,18H,1-3,6,8-9,11,13-14,16H2,(H,25,29)(H,26,27)/t18-/m1/s1. The van der Waals surface area contributed by atoms with Crippen LogP contribution < -0.4 is 5.32 Å². The number of aromatic nitrogens is 3. The minimum absolute atomic E-state index is 0.0581. The molecule has 0 bridgehead atoms. The molecule has 2 aromatic rings. The second-order valence-corrected chi connectivity index (χ2v) is 8.12. The predicted molar refractivity (Wildman–Crippen MR) is 115 cm³/mol. The van der Waals surface area contributed by atoms with Crippen molar-refractivity contribution in [3.63, 3.8) is 0 Å². The number of aromatic amines is 1. The molecule has 158 valence electrons. The summed E-state index contributed by atoms with van der Waals surface area (Å²) >= 11 is 0. The number of H-pyrrole nitrogens is 1. The summed E-state index contributed by atoms with van der Waals surface area (Å²) in [6.07, 6.45) is 11.5. The number of hydrogen-bond acceptors (Lipinski definition) is 4. The summed E-state index contributed by atoms with van der Waals surface area (Å²) in [5.74, 6) is -0.210. The van der Waals surface area contributed by atoms with Crippen molar-refractivity contribution in [3.8, 4) is 11.4 Å². The van der Waals surface area contributed by atoms with Crippen LogP contribution in [0.3, 0.4) is 0 Å². The maximum absolute atomic E-state index is 12.9. The van der Waals surface area contributed by atoms with Gasteiger partial charge in [-0.05, 0) is 63.1 Å². The summed E-state index contributed by atoms with van der Waals surface area (Å²) in [6.45, 7) is 1.79. The number of rotatable bonds is 6. The summed E-state index contributed by atoms with van der Waals surface area (Å²) in [5, 5.41) is 10.1. The lowest BCUT2D eigenvalue weighted by molar-refractivity contribution is -0.126.